The first kappa shape index (κ1) is 23.0. The maximum Gasteiger partial charge on any atom is 0.260 e. The van der Waals surface area contributed by atoms with Crippen molar-refractivity contribution in [2.75, 3.05) is 48.8 Å². The van der Waals surface area contributed by atoms with Crippen LogP contribution in [-0.2, 0) is 9.59 Å². The molecule has 1 fully saturated rings. The number of aromatic nitrogens is 3. The van der Waals surface area contributed by atoms with Crippen molar-refractivity contribution in [3.63, 3.8) is 0 Å². The van der Waals surface area contributed by atoms with Gasteiger partial charge in [0.05, 0.1) is 5.75 Å². The van der Waals surface area contributed by atoms with Crippen LogP contribution < -0.4 is 15.0 Å². The lowest BCUT2D eigenvalue weighted by Crippen LogP contribution is -2.50. The molecule has 3 heterocycles. The zero-order chi connectivity index (χ0) is 23.2. The van der Waals surface area contributed by atoms with Gasteiger partial charge in [-0.25, -0.2) is 4.39 Å². The van der Waals surface area contributed by atoms with Crippen LogP contribution in [0, 0.1) is 12.7 Å². The van der Waals surface area contributed by atoms with E-state index in [1.807, 2.05) is 0 Å². The molecule has 2 amide bonds. The molecule has 10 nitrogen and oxygen atoms in total. The standard InChI is InChI=1S/C20H21FN6O4S2/c1-13-10-16(25-31-13)22-17(28)12-32-20-24-23-19(33-20)27-8-6-26(7-9-27)18(29)11-30-15-4-2-14(21)3-5-15/h2-5,10H,6-9,11-12H2,1H3,(H,22,25,28). The van der Waals surface area contributed by atoms with Gasteiger partial charge in [-0.2, -0.15) is 0 Å². The number of ether oxygens (including phenoxy) is 1. The molecule has 3 aromatic rings. The first-order valence-electron chi connectivity index (χ1n) is 10.1. The van der Waals surface area contributed by atoms with Gasteiger partial charge < -0.3 is 24.4 Å². The minimum Gasteiger partial charge on any atom is -0.484 e. The molecule has 0 unspecified atom stereocenters. The van der Waals surface area contributed by atoms with Crippen molar-refractivity contribution < 1.29 is 23.2 Å². The van der Waals surface area contributed by atoms with Crippen molar-refractivity contribution in [3.05, 3.63) is 41.9 Å². The van der Waals surface area contributed by atoms with Crippen LogP contribution in [0.1, 0.15) is 5.76 Å². The highest BCUT2D eigenvalue weighted by Crippen LogP contribution is 2.28. The highest BCUT2D eigenvalue weighted by Gasteiger charge is 2.24. The number of carbonyl (C=O) groups excluding carboxylic acids is 2. The molecule has 4 rings (SSSR count). The molecule has 2 aromatic heterocycles. The van der Waals surface area contributed by atoms with Crippen molar-refractivity contribution in [2.45, 2.75) is 11.3 Å². The first-order chi connectivity index (χ1) is 16.0. The van der Waals surface area contributed by atoms with E-state index in [-0.39, 0.29) is 30.0 Å². The summed E-state index contributed by atoms with van der Waals surface area (Å²) >= 11 is 2.70. The molecule has 0 aliphatic carbocycles. The second-order valence-electron chi connectivity index (χ2n) is 7.12. The third-order valence-corrected chi connectivity index (χ3v) is 6.81. The highest BCUT2D eigenvalue weighted by molar-refractivity contribution is 8.01. The van der Waals surface area contributed by atoms with Crippen LogP contribution in [-0.4, -0.2) is 70.6 Å². The Morgan fingerprint density at radius 3 is 2.67 bits per heavy atom. The van der Waals surface area contributed by atoms with Crippen LogP contribution >= 0.6 is 23.1 Å². The van der Waals surface area contributed by atoms with Crippen LogP contribution in [0.5, 0.6) is 5.75 Å². The van der Waals surface area contributed by atoms with E-state index < -0.39 is 0 Å². The molecule has 1 saturated heterocycles. The number of rotatable bonds is 8. The number of hydrogen-bond donors (Lipinski definition) is 1. The van der Waals surface area contributed by atoms with Crippen LogP contribution in [0.15, 0.2) is 39.2 Å². The summed E-state index contributed by atoms with van der Waals surface area (Å²) < 4.78 is 24.0. The van der Waals surface area contributed by atoms with E-state index in [9.17, 15) is 14.0 Å². The Morgan fingerprint density at radius 2 is 1.97 bits per heavy atom. The zero-order valence-electron chi connectivity index (χ0n) is 17.7. The highest BCUT2D eigenvalue weighted by atomic mass is 32.2. The fourth-order valence-corrected chi connectivity index (χ4v) is 4.73. The van der Waals surface area contributed by atoms with Gasteiger partial charge in [-0.15, -0.1) is 10.2 Å². The molecule has 1 aliphatic heterocycles. The maximum atomic E-state index is 12.9. The zero-order valence-corrected chi connectivity index (χ0v) is 19.3. The molecule has 0 saturated carbocycles. The SMILES string of the molecule is Cc1cc(NC(=O)CSc2nnc(N3CCN(C(=O)COc4ccc(F)cc4)CC3)s2)no1. The Morgan fingerprint density at radius 1 is 1.21 bits per heavy atom. The lowest BCUT2D eigenvalue weighted by molar-refractivity contribution is -0.133. The van der Waals surface area contributed by atoms with Gasteiger partial charge in [0.25, 0.3) is 5.91 Å². The summed E-state index contributed by atoms with van der Waals surface area (Å²) in [5.41, 5.74) is 0. The molecule has 0 spiro atoms. The fourth-order valence-electron chi connectivity index (χ4n) is 3.03. The Kier molecular flexibility index (Phi) is 7.40. The van der Waals surface area contributed by atoms with Gasteiger partial charge in [-0.05, 0) is 31.2 Å². The fraction of sp³-hybridized carbons (Fsp3) is 0.350. The number of thioether (sulfide) groups is 1. The average Bonchev–Trinajstić information content (AvgIpc) is 3.46. The summed E-state index contributed by atoms with van der Waals surface area (Å²) in [4.78, 5) is 28.2. The summed E-state index contributed by atoms with van der Waals surface area (Å²) in [7, 11) is 0. The summed E-state index contributed by atoms with van der Waals surface area (Å²) in [5.74, 6) is 0.943. The van der Waals surface area contributed by atoms with Crippen LogP contribution in [0.4, 0.5) is 15.3 Å². The number of anilines is 2. The number of piperazine rings is 1. The maximum absolute atomic E-state index is 12.9. The van der Waals surface area contributed by atoms with Crippen LogP contribution in [0.2, 0.25) is 0 Å². The number of aryl methyl sites for hydroxylation is 1. The van der Waals surface area contributed by atoms with E-state index in [0.29, 0.717) is 47.8 Å². The van der Waals surface area contributed by atoms with Crippen molar-refractivity contribution >= 4 is 45.9 Å². The van der Waals surface area contributed by atoms with E-state index in [0.717, 1.165) is 5.13 Å². The molecular weight excluding hydrogens is 471 g/mol. The van der Waals surface area contributed by atoms with Gasteiger partial charge in [-0.3, -0.25) is 9.59 Å². The van der Waals surface area contributed by atoms with Crippen molar-refractivity contribution in [3.8, 4) is 5.75 Å². The normalized spacial score (nSPS) is 13.8. The van der Waals surface area contributed by atoms with E-state index in [4.69, 9.17) is 9.26 Å². The first-order valence-corrected chi connectivity index (χ1v) is 11.9. The minimum absolute atomic E-state index is 0.0960. The van der Waals surface area contributed by atoms with E-state index in [1.54, 1.807) is 17.9 Å². The Hall–Kier alpha value is -3.19. The van der Waals surface area contributed by atoms with E-state index in [2.05, 4.69) is 25.6 Å². The summed E-state index contributed by atoms with van der Waals surface area (Å²) in [5, 5.41) is 15.5. The Bertz CT molecular complexity index is 1100. The summed E-state index contributed by atoms with van der Waals surface area (Å²) in [6, 6.07) is 7.20. The van der Waals surface area contributed by atoms with Gasteiger partial charge in [-0.1, -0.05) is 28.3 Å². The van der Waals surface area contributed by atoms with Crippen LogP contribution in [0.3, 0.4) is 0 Å². The van der Waals surface area contributed by atoms with Gasteiger partial charge in [0.15, 0.2) is 16.8 Å². The molecule has 1 aliphatic rings. The molecule has 1 aromatic carbocycles. The molecule has 0 radical (unpaired) electrons. The Balaban J connectivity index is 1.19. The van der Waals surface area contributed by atoms with Gasteiger partial charge >= 0.3 is 0 Å². The third-order valence-electron chi connectivity index (χ3n) is 4.70. The monoisotopic (exact) mass is 492 g/mol. The number of nitrogens with zero attached hydrogens (tertiary/aromatic N) is 5. The molecule has 1 N–H and O–H groups in total. The second kappa shape index (κ2) is 10.6. The number of carbonyl (C=O) groups is 2. The minimum atomic E-state index is -0.354. The van der Waals surface area contributed by atoms with Crippen molar-refractivity contribution in [1.29, 1.82) is 0 Å². The number of halogens is 1. The van der Waals surface area contributed by atoms with Crippen molar-refractivity contribution in [1.82, 2.24) is 20.3 Å². The number of hydrogen-bond acceptors (Lipinski definition) is 10. The Labute approximate surface area is 197 Å². The number of amides is 2. The van der Waals surface area contributed by atoms with Gasteiger partial charge in [0.1, 0.15) is 17.3 Å². The molecule has 33 heavy (non-hydrogen) atoms. The van der Waals surface area contributed by atoms with Gasteiger partial charge in [0, 0.05) is 32.2 Å². The van der Waals surface area contributed by atoms with Gasteiger partial charge in [0.2, 0.25) is 11.0 Å². The number of benzene rings is 1. The smallest absolute Gasteiger partial charge is 0.260 e. The third kappa shape index (κ3) is 6.42. The van der Waals surface area contributed by atoms with E-state index >= 15 is 0 Å². The van der Waals surface area contributed by atoms with E-state index in [1.165, 1.54) is 47.4 Å². The molecule has 0 atom stereocenters. The lowest BCUT2D eigenvalue weighted by atomic mass is 10.3. The predicted molar refractivity (Wildman–Crippen MR) is 121 cm³/mol. The van der Waals surface area contributed by atoms with Crippen LogP contribution in [0.25, 0.3) is 0 Å². The summed E-state index contributed by atoms with van der Waals surface area (Å²) in [6.07, 6.45) is 0. The predicted octanol–water partition coefficient (Wildman–Crippen LogP) is 2.43. The number of nitrogens with one attached hydrogen (secondary N) is 1. The largest absolute Gasteiger partial charge is 0.484 e. The lowest BCUT2D eigenvalue weighted by Gasteiger charge is -2.34. The van der Waals surface area contributed by atoms with Crippen molar-refractivity contribution in [2.24, 2.45) is 0 Å². The second-order valence-corrected chi connectivity index (χ2v) is 9.30. The average molecular weight is 493 g/mol. The molecule has 13 heteroatoms. The molecule has 174 valence electrons. The quantitative estimate of drug-likeness (QED) is 0.474. The molecular formula is C20H21FN6O4S2. The molecule has 0 bridgehead atoms. The summed E-state index contributed by atoms with van der Waals surface area (Å²) in [6.45, 7) is 3.96. The topological polar surface area (TPSA) is 114 Å².